The van der Waals surface area contributed by atoms with E-state index < -0.39 is 15.8 Å². The molecule has 0 fully saturated rings. The van der Waals surface area contributed by atoms with E-state index in [4.69, 9.17) is 0 Å². The van der Waals surface area contributed by atoms with Crippen LogP contribution < -0.4 is 0 Å². The minimum Gasteiger partial charge on any atom is -0.241 e. The molecule has 0 saturated carbocycles. The van der Waals surface area contributed by atoms with Gasteiger partial charge < -0.3 is 0 Å². The van der Waals surface area contributed by atoms with Gasteiger partial charge in [0, 0.05) is 11.6 Å². The molecule has 25 heavy (non-hydrogen) atoms. The second-order valence-corrected chi connectivity index (χ2v) is 8.33. The second kappa shape index (κ2) is 7.00. The van der Waals surface area contributed by atoms with Crippen molar-refractivity contribution in [3.05, 3.63) is 66.1 Å². The Labute approximate surface area is 148 Å². The molecule has 0 spiro atoms. The summed E-state index contributed by atoms with van der Waals surface area (Å²) in [7, 11) is -3.74. The highest BCUT2D eigenvalue weighted by molar-refractivity contribution is 7.90. The van der Waals surface area contributed by atoms with Crippen molar-refractivity contribution in [3.63, 3.8) is 0 Å². The van der Waals surface area contributed by atoms with Gasteiger partial charge in [0.1, 0.15) is 5.82 Å². The lowest BCUT2D eigenvalue weighted by Crippen LogP contribution is -2.11. The maximum atomic E-state index is 13.1. The van der Waals surface area contributed by atoms with Crippen molar-refractivity contribution in [2.75, 3.05) is 0 Å². The van der Waals surface area contributed by atoms with Gasteiger partial charge in [0.2, 0.25) is 0 Å². The summed E-state index contributed by atoms with van der Waals surface area (Å²) >= 11 is 0. The highest BCUT2D eigenvalue weighted by atomic mass is 32.2. The van der Waals surface area contributed by atoms with Crippen LogP contribution in [0.2, 0.25) is 0 Å². The van der Waals surface area contributed by atoms with E-state index in [1.54, 1.807) is 6.20 Å². The fraction of sp³-hybridized carbons (Fsp3) is 0.300. The molecule has 1 heterocycles. The average Bonchev–Trinajstić information content (AvgIpc) is 3.01. The Hall–Kier alpha value is -2.14. The molecule has 0 aliphatic carbocycles. The van der Waals surface area contributed by atoms with Gasteiger partial charge in [-0.05, 0) is 54.3 Å². The van der Waals surface area contributed by atoms with Crippen LogP contribution in [-0.4, -0.2) is 12.4 Å². The average molecular weight is 359 g/mol. The lowest BCUT2D eigenvalue weighted by molar-refractivity contribution is 0.524. The van der Waals surface area contributed by atoms with Crippen LogP contribution in [0.1, 0.15) is 32.3 Å². The zero-order valence-electron chi connectivity index (χ0n) is 14.4. The highest BCUT2D eigenvalue weighted by Gasteiger charge is 2.20. The zero-order chi connectivity index (χ0) is 18.0. The number of benzene rings is 2. The van der Waals surface area contributed by atoms with E-state index in [1.165, 1.54) is 16.1 Å². The van der Waals surface area contributed by atoms with Gasteiger partial charge in [0.05, 0.1) is 10.4 Å². The smallest absolute Gasteiger partial charge is 0.241 e. The first-order chi connectivity index (χ1) is 11.9. The Bertz CT molecular complexity index is 975. The van der Waals surface area contributed by atoms with Crippen LogP contribution >= 0.6 is 0 Å². The van der Waals surface area contributed by atoms with Gasteiger partial charge in [-0.25, -0.2) is 16.8 Å². The number of nitrogens with zero attached hydrogens (tertiary/aromatic N) is 1. The highest BCUT2D eigenvalue weighted by Crippen LogP contribution is 2.27. The molecule has 3 nitrogen and oxygen atoms in total. The Morgan fingerprint density at radius 1 is 1.08 bits per heavy atom. The molecule has 0 aliphatic rings. The second-order valence-electron chi connectivity index (χ2n) is 6.52. The normalized spacial score (nSPS) is 13.2. The number of fused-ring (bicyclic) bond motifs is 1. The van der Waals surface area contributed by atoms with Crippen LogP contribution in [-0.2, 0) is 16.4 Å². The Balaban J connectivity index is 2.05. The third kappa shape index (κ3) is 3.47. The monoisotopic (exact) mass is 359 g/mol. The first-order valence-electron chi connectivity index (χ1n) is 8.53. The van der Waals surface area contributed by atoms with Crippen LogP contribution in [0.25, 0.3) is 10.9 Å². The van der Waals surface area contributed by atoms with E-state index in [2.05, 4.69) is 19.9 Å². The molecule has 5 heteroatoms. The summed E-state index contributed by atoms with van der Waals surface area (Å²) in [6, 6.07) is 12.5. The van der Waals surface area contributed by atoms with Crippen molar-refractivity contribution >= 4 is 20.9 Å². The molecule has 1 aromatic heterocycles. The van der Waals surface area contributed by atoms with E-state index in [0.717, 1.165) is 42.3 Å². The van der Waals surface area contributed by atoms with E-state index in [1.807, 2.05) is 18.2 Å². The molecule has 1 unspecified atom stereocenters. The summed E-state index contributed by atoms with van der Waals surface area (Å²) in [5, 5.41) is 0.955. The first kappa shape index (κ1) is 17.7. The number of hydrogen-bond acceptors (Lipinski definition) is 2. The van der Waals surface area contributed by atoms with Crippen LogP contribution in [0.5, 0.6) is 0 Å². The molecule has 0 radical (unpaired) electrons. The molecule has 3 rings (SSSR count). The zero-order valence-corrected chi connectivity index (χ0v) is 15.3. The SMILES string of the molecule is CCCC(C)Cc1cccc2c1ccn2S(=O)(=O)c1ccc(F)cc1. The lowest BCUT2D eigenvalue weighted by Gasteiger charge is -2.12. The van der Waals surface area contributed by atoms with Crippen molar-refractivity contribution in [2.24, 2.45) is 5.92 Å². The van der Waals surface area contributed by atoms with E-state index in [-0.39, 0.29) is 4.90 Å². The molecule has 1 atom stereocenters. The quantitative estimate of drug-likeness (QED) is 0.621. The molecular weight excluding hydrogens is 337 g/mol. The topological polar surface area (TPSA) is 39.1 Å². The molecule has 2 aromatic carbocycles. The molecule has 0 saturated heterocycles. The third-order valence-electron chi connectivity index (χ3n) is 4.51. The van der Waals surface area contributed by atoms with Gasteiger partial charge in [-0.2, -0.15) is 0 Å². The number of aromatic nitrogens is 1. The van der Waals surface area contributed by atoms with Gasteiger partial charge in [-0.15, -0.1) is 0 Å². The van der Waals surface area contributed by atoms with Gasteiger partial charge in [-0.3, -0.25) is 0 Å². The summed E-state index contributed by atoms with van der Waals surface area (Å²) in [4.78, 5) is 0.0798. The molecule has 0 bridgehead atoms. The summed E-state index contributed by atoms with van der Waals surface area (Å²) < 4.78 is 40.2. The fourth-order valence-electron chi connectivity index (χ4n) is 3.28. The summed E-state index contributed by atoms with van der Waals surface area (Å²) in [6.07, 6.45) is 4.78. The largest absolute Gasteiger partial charge is 0.268 e. The standard InChI is InChI=1S/C20H22FNO2S/c1-3-5-15(2)14-16-6-4-7-20-19(16)12-13-22(20)25(23,24)18-10-8-17(21)9-11-18/h4,6-13,15H,3,5,14H2,1-2H3. The minimum atomic E-state index is -3.74. The summed E-state index contributed by atoms with van der Waals surface area (Å²) in [5.74, 6) is 0.0937. The van der Waals surface area contributed by atoms with Gasteiger partial charge in [0.15, 0.2) is 0 Å². The van der Waals surface area contributed by atoms with Crippen LogP contribution in [0.3, 0.4) is 0 Å². The van der Waals surface area contributed by atoms with Crippen molar-refractivity contribution in [2.45, 2.75) is 38.0 Å². The third-order valence-corrected chi connectivity index (χ3v) is 6.21. The molecular formula is C20H22FNO2S. The van der Waals surface area contributed by atoms with Crippen molar-refractivity contribution < 1.29 is 12.8 Å². The van der Waals surface area contributed by atoms with E-state index in [0.29, 0.717) is 11.4 Å². The molecule has 0 amide bonds. The Morgan fingerprint density at radius 3 is 2.48 bits per heavy atom. The molecule has 132 valence electrons. The Kier molecular flexibility index (Phi) is 4.95. The van der Waals surface area contributed by atoms with E-state index >= 15 is 0 Å². The number of rotatable bonds is 6. The van der Waals surface area contributed by atoms with Crippen molar-refractivity contribution in [1.82, 2.24) is 3.97 Å². The van der Waals surface area contributed by atoms with Gasteiger partial charge >= 0.3 is 0 Å². The predicted molar refractivity (Wildman–Crippen MR) is 98.7 cm³/mol. The van der Waals surface area contributed by atoms with Crippen LogP contribution in [0, 0.1) is 11.7 Å². The first-order valence-corrected chi connectivity index (χ1v) is 9.97. The molecule has 0 aliphatic heterocycles. The fourth-order valence-corrected chi connectivity index (χ4v) is 4.63. The summed E-state index contributed by atoms with van der Waals surface area (Å²) in [5.41, 5.74) is 1.82. The van der Waals surface area contributed by atoms with Crippen LogP contribution in [0.15, 0.2) is 59.6 Å². The maximum Gasteiger partial charge on any atom is 0.268 e. The summed E-state index contributed by atoms with van der Waals surface area (Å²) in [6.45, 7) is 4.39. The molecule has 3 aromatic rings. The van der Waals surface area contributed by atoms with E-state index in [9.17, 15) is 12.8 Å². The van der Waals surface area contributed by atoms with Crippen molar-refractivity contribution in [1.29, 1.82) is 0 Å². The van der Waals surface area contributed by atoms with Gasteiger partial charge in [0.25, 0.3) is 10.0 Å². The number of hydrogen-bond donors (Lipinski definition) is 0. The van der Waals surface area contributed by atoms with Gasteiger partial charge in [-0.1, -0.05) is 38.8 Å². The molecule has 0 N–H and O–H groups in total. The maximum absolute atomic E-state index is 13.1. The predicted octanol–water partition coefficient (Wildman–Crippen LogP) is 5.00. The lowest BCUT2D eigenvalue weighted by atomic mass is 9.95. The minimum absolute atomic E-state index is 0.0798. The van der Waals surface area contributed by atoms with Crippen molar-refractivity contribution in [3.8, 4) is 0 Å². The Morgan fingerprint density at radius 2 is 1.80 bits per heavy atom. The van der Waals surface area contributed by atoms with Crippen LogP contribution in [0.4, 0.5) is 4.39 Å². The number of halogens is 1.